The molecule has 0 spiro atoms. The van der Waals surface area contributed by atoms with Crippen molar-refractivity contribution < 1.29 is 10.2 Å². The molecule has 0 saturated heterocycles. The van der Waals surface area contributed by atoms with Gasteiger partial charge < -0.3 is 10.2 Å². The molecule has 0 radical (unpaired) electrons. The number of nitrogens with zero attached hydrogens (tertiary/aromatic N) is 1. The van der Waals surface area contributed by atoms with Crippen LogP contribution < -0.4 is 0 Å². The van der Waals surface area contributed by atoms with Crippen LogP contribution in [-0.4, -0.2) is 28.4 Å². The monoisotopic (exact) mass is 195 g/mol. The molecular formula is C11H17NO2. The van der Waals surface area contributed by atoms with Crippen LogP contribution in [0.15, 0.2) is 24.5 Å². The Bertz CT molecular complexity index is 234. The van der Waals surface area contributed by atoms with Gasteiger partial charge in [0.2, 0.25) is 0 Å². The van der Waals surface area contributed by atoms with Crippen LogP contribution in [0, 0.1) is 5.92 Å². The summed E-state index contributed by atoms with van der Waals surface area (Å²) in [5, 5.41) is 17.7. The quantitative estimate of drug-likeness (QED) is 0.712. The molecule has 0 aliphatic heterocycles. The summed E-state index contributed by atoms with van der Waals surface area (Å²) in [4.78, 5) is 4.02. The smallest absolute Gasteiger partial charge is 0.0481 e. The number of aryl methyl sites for hydroxylation is 1. The van der Waals surface area contributed by atoms with Crippen molar-refractivity contribution in [3.8, 4) is 0 Å². The molecule has 1 aromatic heterocycles. The van der Waals surface area contributed by atoms with E-state index >= 15 is 0 Å². The van der Waals surface area contributed by atoms with Crippen molar-refractivity contribution in [1.29, 1.82) is 0 Å². The van der Waals surface area contributed by atoms with Gasteiger partial charge in [0.15, 0.2) is 0 Å². The number of rotatable bonds is 6. The van der Waals surface area contributed by atoms with Crippen LogP contribution in [-0.2, 0) is 6.42 Å². The zero-order valence-corrected chi connectivity index (χ0v) is 8.26. The summed E-state index contributed by atoms with van der Waals surface area (Å²) in [5.41, 5.74) is 1.21. The van der Waals surface area contributed by atoms with E-state index in [1.54, 1.807) is 6.20 Å². The van der Waals surface area contributed by atoms with Crippen molar-refractivity contribution in [2.75, 3.05) is 13.2 Å². The van der Waals surface area contributed by atoms with Gasteiger partial charge in [-0.05, 0) is 30.9 Å². The van der Waals surface area contributed by atoms with Gasteiger partial charge in [0.25, 0.3) is 0 Å². The molecule has 78 valence electrons. The zero-order valence-electron chi connectivity index (χ0n) is 8.26. The van der Waals surface area contributed by atoms with Gasteiger partial charge in [0.1, 0.15) is 0 Å². The minimum absolute atomic E-state index is 0.0340. The van der Waals surface area contributed by atoms with E-state index in [2.05, 4.69) is 4.98 Å². The second kappa shape index (κ2) is 6.51. The first-order chi connectivity index (χ1) is 6.86. The highest BCUT2D eigenvalue weighted by molar-refractivity contribution is 5.08. The van der Waals surface area contributed by atoms with Gasteiger partial charge in [0, 0.05) is 31.5 Å². The van der Waals surface area contributed by atoms with E-state index in [9.17, 15) is 0 Å². The van der Waals surface area contributed by atoms with E-state index in [-0.39, 0.29) is 19.1 Å². The van der Waals surface area contributed by atoms with Gasteiger partial charge in [-0.1, -0.05) is 6.07 Å². The van der Waals surface area contributed by atoms with Crippen LogP contribution in [0.2, 0.25) is 0 Å². The van der Waals surface area contributed by atoms with E-state index < -0.39 is 0 Å². The molecule has 0 unspecified atom stereocenters. The predicted molar refractivity (Wildman–Crippen MR) is 54.8 cm³/mol. The normalized spacial score (nSPS) is 10.8. The first-order valence-corrected chi connectivity index (χ1v) is 4.97. The Morgan fingerprint density at radius 3 is 2.64 bits per heavy atom. The molecule has 0 atom stereocenters. The number of aliphatic hydroxyl groups excluding tert-OH is 2. The average Bonchev–Trinajstić information content (AvgIpc) is 2.26. The molecular weight excluding hydrogens is 178 g/mol. The molecule has 0 aliphatic carbocycles. The molecule has 0 fully saturated rings. The molecule has 0 amide bonds. The van der Waals surface area contributed by atoms with Crippen LogP contribution >= 0.6 is 0 Å². The fraction of sp³-hybridized carbons (Fsp3) is 0.545. The SMILES string of the molecule is OCC(CO)CCCc1cccnc1. The standard InChI is InChI=1S/C11H17NO2/c13-8-11(9-14)4-1-3-10-5-2-6-12-7-10/h2,5-7,11,13-14H,1,3-4,8-9H2. The molecule has 0 aromatic carbocycles. The minimum Gasteiger partial charge on any atom is -0.396 e. The van der Waals surface area contributed by atoms with E-state index in [4.69, 9.17) is 10.2 Å². The second-order valence-corrected chi connectivity index (χ2v) is 3.48. The van der Waals surface area contributed by atoms with Crippen molar-refractivity contribution in [1.82, 2.24) is 4.98 Å². The Morgan fingerprint density at radius 1 is 1.29 bits per heavy atom. The Kier molecular flexibility index (Phi) is 5.19. The first kappa shape index (κ1) is 11.1. The third kappa shape index (κ3) is 3.85. The molecule has 1 rings (SSSR count). The predicted octanol–water partition coefficient (Wildman–Crippen LogP) is 1.01. The van der Waals surface area contributed by atoms with Gasteiger partial charge in [0.05, 0.1) is 0 Å². The van der Waals surface area contributed by atoms with Gasteiger partial charge in [-0.15, -0.1) is 0 Å². The Morgan fingerprint density at radius 2 is 2.07 bits per heavy atom. The number of hydrogen-bond donors (Lipinski definition) is 2. The molecule has 1 aromatic rings. The molecule has 0 saturated carbocycles. The Labute approximate surface area is 84.4 Å². The molecule has 1 heterocycles. The summed E-state index contributed by atoms with van der Waals surface area (Å²) in [6, 6.07) is 3.96. The number of pyridine rings is 1. The third-order valence-corrected chi connectivity index (χ3v) is 2.32. The van der Waals surface area contributed by atoms with Gasteiger partial charge in [-0.2, -0.15) is 0 Å². The van der Waals surface area contributed by atoms with Gasteiger partial charge in [-0.3, -0.25) is 4.98 Å². The largest absolute Gasteiger partial charge is 0.396 e. The topological polar surface area (TPSA) is 53.4 Å². The summed E-state index contributed by atoms with van der Waals surface area (Å²) >= 11 is 0. The lowest BCUT2D eigenvalue weighted by Crippen LogP contribution is -2.10. The highest BCUT2D eigenvalue weighted by Crippen LogP contribution is 2.09. The maximum atomic E-state index is 8.85. The number of aromatic nitrogens is 1. The van der Waals surface area contributed by atoms with Crippen molar-refractivity contribution >= 4 is 0 Å². The molecule has 3 heteroatoms. The maximum Gasteiger partial charge on any atom is 0.0481 e. The lowest BCUT2D eigenvalue weighted by Gasteiger charge is -2.09. The molecule has 2 N–H and O–H groups in total. The lowest BCUT2D eigenvalue weighted by molar-refractivity contribution is 0.142. The fourth-order valence-corrected chi connectivity index (χ4v) is 1.38. The highest BCUT2D eigenvalue weighted by atomic mass is 16.3. The number of hydrogen-bond acceptors (Lipinski definition) is 3. The second-order valence-electron chi connectivity index (χ2n) is 3.48. The van der Waals surface area contributed by atoms with Crippen LogP contribution in [0.25, 0.3) is 0 Å². The van der Waals surface area contributed by atoms with Crippen molar-refractivity contribution in [3.63, 3.8) is 0 Å². The van der Waals surface area contributed by atoms with Gasteiger partial charge >= 0.3 is 0 Å². The zero-order chi connectivity index (χ0) is 10.2. The van der Waals surface area contributed by atoms with E-state index in [0.717, 1.165) is 19.3 Å². The van der Waals surface area contributed by atoms with E-state index in [1.165, 1.54) is 5.56 Å². The molecule has 14 heavy (non-hydrogen) atoms. The highest BCUT2D eigenvalue weighted by Gasteiger charge is 2.04. The molecule has 3 nitrogen and oxygen atoms in total. The van der Waals surface area contributed by atoms with Crippen LogP contribution in [0.3, 0.4) is 0 Å². The maximum absolute atomic E-state index is 8.85. The summed E-state index contributed by atoms with van der Waals surface area (Å²) in [5.74, 6) is 0.0340. The van der Waals surface area contributed by atoms with Crippen molar-refractivity contribution in [2.24, 2.45) is 5.92 Å². The van der Waals surface area contributed by atoms with E-state index in [1.807, 2.05) is 18.3 Å². The molecule has 0 bridgehead atoms. The summed E-state index contributed by atoms with van der Waals surface area (Å²) in [6.45, 7) is 0.146. The van der Waals surface area contributed by atoms with Crippen molar-refractivity contribution in [2.45, 2.75) is 19.3 Å². The van der Waals surface area contributed by atoms with Crippen molar-refractivity contribution in [3.05, 3.63) is 30.1 Å². The van der Waals surface area contributed by atoms with Crippen LogP contribution in [0.4, 0.5) is 0 Å². The fourth-order valence-electron chi connectivity index (χ4n) is 1.38. The number of aliphatic hydroxyl groups is 2. The Hall–Kier alpha value is -0.930. The Balaban J connectivity index is 2.21. The summed E-state index contributed by atoms with van der Waals surface area (Å²) < 4.78 is 0. The van der Waals surface area contributed by atoms with Crippen LogP contribution in [0.1, 0.15) is 18.4 Å². The van der Waals surface area contributed by atoms with Crippen LogP contribution in [0.5, 0.6) is 0 Å². The van der Waals surface area contributed by atoms with E-state index in [0.29, 0.717) is 0 Å². The first-order valence-electron chi connectivity index (χ1n) is 4.97. The summed E-state index contributed by atoms with van der Waals surface area (Å²) in [7, 11) is 0. The average molecular weight is 195 g/mol. The third-order valence-electron chi connectivity index (χ3n) is 2.32. The van der Waals surface area contributed by atoms with Gasteiger partial charge in [-0.25, -0.2) is 0 Å². The lowest BCUT2D eigenvalue weighted by atomic mass is 10.0. The minimum atomic E-state index is 0.0340. The molecule has 0 aliphatic rings. The summed E-state index contributed by atoms with van der Waals surface area (Å²) in [6.07, 6.45) is 6.42.